The van der Waals surface area contributed by atoms with Crippen molar-refractivity contribution in [1.29, 1.82) is 0 Å². The van der Waals surface area contributed by atoms with Crippen LogP contribution in [0.2, 0.25) is 0 Å². The summed E-state index contributed by atoms with van der Waals surface area (Å²) in [5.74, 6) is 2.36. The number of guanidine groups is 1. The second kappa shape index (κ2) is 22.3. The van der Waals surface area contributed by atoms with Gasteiger partial charge in [-0.2, -0.15) is 0 Å². The smallest absolute Gasteiger partial charge is 0.245 e. The van der Waals surface area contributed by atoms with Crippen molar-refractivity contribution in [2.75, 3.05) is 32.7 Å². The average Bonchev–Trinajstić information content (AvgIpc) is 3.86. The topological polar surface area (TPSA) is 253 Å². The summed E-state index contributed by atoms with van der Waals surface area (Å²) in [5, 5.41) is 12.2. The molecule has 5 amide bonds. The predicted octanol–water partition coefficient (Wildman–Crippen LogP) is 3.34. The van der Waals surface area contributed by atoms with Crippen LogP contribution in [0.15, 0.2) is 16.6 Å². The van der Waals surface area contributed by atoms with Gasteiger partial charge in [0.2, 0.25) is 29.5 Å². The lowest BCUT2D eigenvalue weighted by atomic mass is 9.47. The molecule has 0 bridgehead atoms. The molecule has 0 aromatic rings. The Kier molecular flexibility index (Phi) is 17.7. The van der Waals surface area contributed by atoms with Crippen LogP contribution in [0.3, 0.4) is 0 Å². The first-order valence-corrected chi connectivity index (χ1v) is 24.1. The Bertz CT molecular complexity index is 1630. The fourth-order valence-electron chi connectivity index (χ4n) is 12.8. The van der Waals surface area contributed by atoms with Crippen LogP contribution < -0.4 is 44.2 Å². The molecule has 1 saturated heterocycles. The molecule has 350 valence electrons. The van der Waals surface area contributed by atoms with Crippen molar-refractivity contribution in [3.05, 3.63) is 11.6 Å². The van der Waals surface area contributed by atoms with Gasteiger partial charge in [-0.05, 0) is 130 Å². The molecule has 11 atom stereocenters. The largest absolute Gasteiger partial charge is 0.370 e. The summed E-state index contributed by atoms with van der Waals surface area (Å²) in [7, 11) is 0. The molecule has 1 aliphatic heterocycles. The van der Waals surface area contributed by atoms with E-state index in [0.717, 1.165) is 48.3 Å². The van der Waals surface area contributed by atoms with E-state index in [9.17, 15) is 24.0 Å². The molecule has 12 N–H and O–H groups in total. The summed E-state index contributed by atoms with van der Waals surface area (Å²) in [4.78, 5) is 70.1. The highest BCUT2D eigenvalue weighted by molar-refractivity contribution is 5.95. The molecule has 62 heavy (non-hydrogen) atoms. The number of carbonyl (C=O) groups is 5. The number of amides is 5. The number of nitrogens with zero attached hydrogens (tertiary/aromatic N) is 2. The number of hydrogen-bond acceptors (Lipinski definition) is 8. The Morgan fingerprint density at radius 2 is 1.65 bits per heavy atom. The molecule has 3 saturated carbocycles. The van der Waals surface area contributed by atoms with E-state index in [1.807, 2.05) is 0 Å². The molecule has 1 heterocycles. The van der Waals surface area contributed by atoms with Crippen molar-refractivity contribution in [3.8, 4) is 0 Å². The molecule has 15 heteroatoms. The van der Waals surface area contributed by atoms with Crippen LogP contribution in [0.25, 0.3) is 0 Å². The van der Waals surface area contributed by atoms with E-state index in [1.54, 1.807) is 5.57 Å². The summed E-state index contributed by atoms with van der Waals surface area (Å²) in [6, 6.07) is -2.45. The molecule has 1 unspecified atom stereocenters. The maximum atomic E-state index is 13.8. The number of nitrogens with two attached hydrogens (primary N) is 4. The third-order valence-corrected chi connectivity index (χ3v) is 16.1. The minimum absolute atomic E-state index is 0.0218. The predicted molar refractivity (Wildman–Crippen MR) is 244 cm³/mol. The van der Waals surface area contributed by atoms with E-state index in [0.29, 0.717) is 43.8 Å². The third kappa shape index (κ3) is 12.1. The third-order valence-electron chi connectivity index (χ3n) is 16.1. The summed E-state index contributed by atoms with van der Waals surface area (Å²) in [6.07, 6.45) is 18.4. The molecule has 0 spiro atoms. The van der Waals surface area contributed by atoms with Crippen molar-refractivity contribution in [2.45, 2.75) is 168 Å². The lowest BCUT2D eigenvalue weighted by Crippen LogP contribution is -2.57. The van der Waals surface area contributed by atoms with Gasteiger partial charge in [-0.25, -0.2) is 0 Å². The SMILES string of the molecule is CC(C)CCC[C@@H](C)[C@H]1CC[C@H]2[C@@H]3CC=C4CC(NCCNC(=O)[C@H](CCCN=C(N)N)NC(=O)[C@@H]5CCCN5C(=O)[C@H](CCC(N)=O)NC(=O)CN)CC[C@]4(C)[C@H]3CC[C@]12C. The number of fused-ring (bicyclic) bond motifs is 5. The summed E-state index contributed by atoms with van der Waals surface area (Å²) in [5.41, 5.74) is 24.2. The molecule has 4 fully saturated rings. The fraction of sp³-hybridized carbons (Fsp3) is 0.830. The molecular weight excluding hydrogens is 785 g/mol. The summed E-state index contributed by atoms with van der Waals surface area (Å²) in [6.45, 7) is 13.7. The van der Waals surface area contributed by atoms with Crippen LogP contribution in [-0.4, -0.2) is 97.3 Å². The minimum Gasteiger partial charge on any atom is -0.370 e. The van der Waals surface area contributed by atoms with E-state index in [2.05, 4.69) is 67.0 Å². The van der Waals surface area contributed by atoms with Gasteiger partial charge in [0.05, 0.1) is 6.54 Å². The van der Waals surface area contributed by atoms with Crippen LogP contribution >= 0.6 is 0 Å². The Morgan fingerprint density at radius 3 is 2.35 bits per heavy atom. The highest BCUT2D eigenvalue weighted by Gasteiger charge is 2.59. The van der Waals surface area contributed by atoms with Crippen LogP contribution in [0.1, 0.15) is 144 Å². The zero-order chi connectivity index (χ0) is 45.2. The first kappa shape index (κ1) is 49.3. The monoisotopic (exact) mass is 867 g/mol. The molecular formula is C47H82N10O5. The first-order valence-electron chi connectivity index (χ1n) is 24.1. The molecule has 15 nitrogen and oxygen atoms in total. The van der Waals surface area contributed by atoms with E-state index in [-0.39, 0.29) is 56.2 Å². The Morgan fingerprint density at radius 1 is 0.871 bits per heavy atom. The Balaban J connectivity index is 1.13. The highest BCUT2D eigenvalue weighted by atomic mass is 16.2. The van der Waals surface area contributed by atoms with Crippen LogP contribution in [0, 0.1) is 46.3 Å². The molecule has 5 aliphatic rings. The minimum atomic E-state index is -1.07. The van der Waals surface area contributed by atoms with E-state index in [4.69, 9.17) is 22.9 Å². The number of allylic oxidation sites excluding steroid dienone is 1. The normalized spacial score (nSPS) is 30.5. The standard InChI is InChI=1S/C47H82N10O5/c1-29(2)9-6-10-30(3)34-15-16-35-33-14-13-31-27-32(19-21-46(31,4)36(33)20-22-47(34,35)5)52-24-25-53-42(60)37(11-7-23-54-45(50)51)56-43(61)39-12-8-26-57(39)44(62)38(17-18-40(49)58)55-41(59)28-48/h13,29-30,32-39,52H,6-12,14-28,48H2,1-5H3,(H2,49,58)(H,53,60)(H,55,59)(H,56,61)(H4,50,51,54)/t30-,32?,33+,34-,35+,36+,37+,38+,39+,46+,47-/m1/s1. The van der Waals surface area contributed by atoms with Crippen LogP contribution in [0.4, 0.5) is 0 Å². The van der Waals surface area contributed by atoms with Gasteiger partial charge >= 0.3 is 0 Å². The fourth-order valence-corrected chi connectivity index (χ4v) is 12.8. The highest BCUT2D eigenvalue weighted by Crippen LogP contribution is 2.67. The quantitative estimate of drug-likeness (QED) is 0.0343. The van der Waals surface area contributed by atoms with Gasteiger partial charge in [-0.3, -0.25) is 29.0 Å². The van der Waals surface area contributed by atoms with Gasteiger partial charge in [-0.1, -0.05) is 65.5 Å². The molecule has 5 rings (SSSR count). The Labute approximate surface area is 371 Å². The van der Waals surface area contributed by atoms with Gasteiger partial charge < -0.3 is 49.1 Å². The van der Waals surface area contributed by atoms with Gasteiger partial charge in [0.25, 0.3) is 0 Å². The maximum absolute atomic E-state index is 13.8. The maximum Gasteiger partial charge on any atom is 0.245 e. The van der Waals surface area contributed by atoms with Gasteiger partial charge in [-0.15, -0.1) is 0 Å². The summed E-state index contributed by atoms with van der Waals surface area (Å²) < 4.78 is 0. The van der Waals surface area contributed by atoms with Gasteiger partial charge in [0, 0.05) is 38.6 Å². The second-order valence-corrected chi connectivity index (χ2v) is 20.5. The van der Waals surface area contributed by atoms with Crippen molar-refractivity contribution in [3.63, 3.8) is 0 Å². The van der Waals surface area contributed by atoms with Crippen LogP contribution in [-0.2, 0) is 24.0 Å². The van der Waals surface area contributed by atoms with Crippen molar-refractivity contribution < 1.29 is 24.0 Å². The van der Waals surface area contributed by atoms with Crippen molar-refractivity contribution >= 4 is 35.5 Å². The molecule has 0 aromatic heterocycles. The first-order chi connectivity index (χ1) is 29.5. The molecule has 4 aliphatic carbocycles. The van der Waals surface area contributed by atoms with E-state index in [1.165, 1.54) is 62.7 Å². The lowest BCUT2D eigenvalue weighted by molar-refractivity contribution is -0.142. The molecule has 0 radical (unpaired) electrons. The Hall–Kier alpha value is -3.72. The lowest BCUT2D eigenvalue weighted by Gasteiger charge is -2.58. The van der Waals surface area contributed by atoms with Gasteiger partial charge in [0.15, 0.2) is 5.96 Å². The number of likely N-dealkylation sites (tertiary alicyclic amines) is 1. The number of nitrogens with one attached hydrogen (secondary N) is 4. The number of aliphatic imine (C=N–C) groups is 1. The van der Waals surface area contributed by atoms with Crippen molar-refractivity contribution in [2.24, 2.45) is 74.3 Å². The van der Waals surface area contributed by atoms with E-state index >= 15 is 0 Å². The van der Waals surface area contributed by atoms with E-state index < -0.39 is 41.8 Å². The molecule has 0 aromatic carbocycles. The summed E-state index contributed by atoms with van der Waals surface area (Å²) >= 11 is 0. The second-order valence-electron chi connectivity index (χ2n) is 20.5. The number of carbonyl (C=O) groups excluding carboxylic acids is 5. The van der Waals surface area contributed by atoms with Gasteiger partial charge in [0.1, 0.15) is 18.1 Å². The average molecular weight is 867 g/mol. The van der Waals surface area contributed by atoms with Crippen LogP contribution in [0.5, 0.6) is 0 Å². The number of primary amides is 1. The zero-order valence-electron chi connectivity index (χ0n) is 38.7. The zero-order valence-corrected chi connectivity index (χ0v) is 38.7. The number of rotatable bonds is 22. The number of hydrogen-bond donors (Lipinski definition) is 8. The van der Waals surface area contributed by atoms with Crippen molar-refractivity contribution in [1.82, 2.24) is 26.2 Å².